The highest BCUT2D eigenvalue weighted by molar-refractivity contribution is 5.97. The van der Waals surface area contributed by atoms with Crippen molar-refractivity contribution in [3.05, 3.63) is 29.8 Å². The average Bonchev–Trinajstić information content (AvgIpc) is 2.86. The van der Waals surface area contributed by atoms with Gasteiger partial charge in [-0.3, -0.25) is 4.79 Å². The van der Waals surface area contributed by atoms with E-state index in [-0.39, 0.29) is 18.2 Å². The molecule has 19 heavy (non-hydrogen) atoms. The van der Waals surface area contributed by atoms with Crippen LogP contribution in [0.25, 0.3) is 0 Å². The molecule has 0 spiro atoms. The zero-order valence-electron chi connectivity index (χ0n) is 11.8. The Hall–Kier alpha value is -1.55. The number of rotatable bonds is 4. The molecule has 104 valence electrons. The van der Waals surface area contributed by atoms with E-state index in [1.54, 1.807) is 12.0 Å². The van der Waals surface area contributed by atoms with Gasteiger partial charge in [-0.05, 0) is 38.8 Å². The first kappa shape index (κ1) is 13.9. The number of hydrogen-bond donors (Lipinski definition) is 0. The Balaban J connectivity index is 2.23. The van der Waals surface area contributed by atoms with Gasteiger partial charge in [0, 0.05) is 13.7 Å². The second kappa shape index (κ2) is 6.06. The molecule has 0 aliphatic carbocycles. The molecule has 1 aromatic carbocycles. The predicted octanol–water partition coefficient (Wildman–Crippen LogP) is 2.68. The van der Waals surface area contributed by atoms with Crippen LogP contribution in [0.15, 0.2) is 24.3 Å². The molecule has 0 saturated carbocycles. The molecule has 4 nitrogen and oxygen atoms in total. The van der Waals surface area contributed by atoms with Gasteiger partial charge in [-0.1, -0.05) is 12.1 Å². The number of likely N-dealkylation sites (tertiary alicyclic amines) is 1. The fraction of sp³-hybridized carbons (Fsp3) is 0.533. The Morgan fingerprint density at radius 2 is 2.11 bits per heavy atom. The monoisotopic (exact) mass is 263 g/mol. The number of carbonyl (C=O) groups excluding carboxylic acids is 1. The lowest BCUT2D eigenvalue weighted by Crippen LogP contribution is -2.36. The quantitative estimate of drug-likeness (QED) is 0.838. The van der Waals surface area contributed by atoms with Crippen molar-refractivity contribution in [3.8, 4) is 5.75 Å². The molecule has 4 heteroatoms. The summed E-state index contributed by atoms with van der Waals surface area (Å²) in [7, 11) is 1.65. The summed E-state index contributed by atoms with van der Waals surface area (Å²) in [5.74, 6) is 0.629. The Bertz CT molecular complexity index is 445. The zero-order chi connectivity index (χ0) is 13.8. The first-order chi connectivity index (χ1) is 9.13. The molecule has 1 saturated heterocycles. The van der Waals surface area contributed by atoms with Crippen LogP contribution >= 0.6 is 0 Å². The molecule has 0 aromatic heterocycles. The van der Waals surface area contributed by atoms with Gasteiger partial charge in [0.2, 0.25) is 0 Å². The molecule has 0 bridgehead atoms. The maximum absolute atomic E-state index is 12.6. The summed E-state index contributed by atoms with van der Waals surface area (Å²) < 4.78 is 11.1. The number of nitrogens with zero attached hydrogens (tertiary/aromatic N) is 1. The second-order valence-electron chi connectivity index (χ2n) is 4.99. The zero-order valence-corrected chi connectivity index (χ0v) is 11.8. The molecule has 1 aromatic rings. The molecule has 1 unspecified atom stereocenters. The van der Waals surface area contributed by atoms with E-state index in [0.717, 1.165) is 19.4 Å². The third kappa shape index (κ3) is 3.07. The number of para-hydroxylation sites is 1. The minimum absolute atomic E-state index is 0.0133. The van der Waals surface area contributed by atoms with Gasteiger partial charge in [0.05, 0.1) is 11.7 Å². The number of amides is 1. The van der Waals surface area contributed by atoms with Gasteiger partial charge in [-0.15, -0.1) is 0 Å². The van der Waals surface area contributed by atoms with Gasteiger partial charge in [-0.25, -0.2) is 0 Å². The number of ether oxygens (including phenoxy) is 2. The molecule has 1 aliphatic heterocycles. The van der Waals surface area contributed by atoms with E-state index in [0.29, 0.717) is 11.3 Å². The molecule has 1 atom stereocenters. The van der Waals surface area contributed by atoms with Crippen LogP contribution in [0.1, 0.15) is 37.0 Å². The van der Waals surface area contributed by atoms with Gasteiger partial charge in [0.25, 0.3) is 5.91 Å². The molecular weight excluding hydrogens is 242 g/mol. The van der Waals surface area contributed by atoms with Crippen molar-refractivity contribution in [2.75, 3.05) is 13.7 Å². The van der Waals surface area contributed by atoms with E-state index in [4.69, 9.17) is 9.47 Å². The first-order valence-electron chi connectivity index (χ1n) is 6.73. The molecule has 0 radical (unpaired) electrons. The van der Waals surface area contributed by atoms with Gasteiger partial charge in [0.15, 0.2) is 0 Å². The van der Waals surface area contributed by atoms with Crippen LogP contribution in [0.2, 0.25) is 0 Å². The van der Waals surface area contributed by atoms with Crippen LogP contribution in [-0.4, -0.2) is 36.8 Å². The number of hydrogen-bond acceptors (Lipinski definition) is 3. The van der Waals surface area contributed by atoms with Gasteiger partial charge in [0.1, 0.15) is 12.0 Å². The molecular formula is C15H21NO3. The van der Waals surface area contributed by atoms with Gasteiger partial charge >= 0.3 is 0 Å². The number of benzene rings is 1. The van der Waals surface area contributed by atoms with E-state index < -0.39 is 0 Å². The Morgan fingerprint density at radius 3 is 2.79 bits per heavy atom. The highest BCUT2D eigenvalue weighted by atomic mass is 16.5. The van der Waals surface area contributed by atoms with E-state index in [1.807, 2.05) is 38.1 Å². The Labute approximate surface area is 114 Å². The maximum Gasteiger partial charge on any atom is 0.259 e. The molecule has 1 amide bonds. The smallest absolute Gasteiger partial charge is 0.259 e. The first-order valence-corrected chi connectivity index (χ1v) is 6.73. The van der Waals surface area contributed by atoms with Gasteiger partial charge in [-0.2, -0.15) is 0 Å². The van der Waals surface area contributed by atoms with E-state index in [1.165, 1.54) is 0 Å². The van der Waals surface area contributed by atoms with E-state index in [9.17, 15) is 4.79 Å². The topological polar surface area (TPSA) is 38.8 Å². The van der Waals surface area contributed by atoms with Crippen molar-refractivity contribution in [3.63, 3.8) is 0 Å². The van der Waals surface area contributed by atoms with Crippen LogP contribution in [0.3, 0.4) is 0 Å². The summed E-state index contributed by atoms with van der Waals surface area (Å²) in [5, 5.41) is 0. The highest BCUT2D eigenvalue weighted by Crippen LogP contribution is 2.25. The van der Waals surface area contributed by atoms with Crippen molar-refractivity contribution in [1.82, 2.24) is 4.90 Å². The third-order valence-electron chi connectivity index (χ3n) is 3.21. The molecule has 1 aliphatic rings. The summed E-state index contributed by atoms with van der Waals surface area (Å²) in [6.07, 6.45) is 1.82. The van der Waals surface area contributed by atoms with E-state index >= 15 is 0 Å². The standard InChI is InChI=1S/C15H21NO3/c1-11(2)19-13-8-5-4-7-12(13)15(17)16-10-6-9-14(16)18-3/h4-5,7-8,11,14H,6,9-10H2,1-3H3. The maximum atomic E-state index is 12.6. The SMILES string of the molecule is COC1CCCN1C(=O)c1ccccc1OC(C)C. The van der Waals surface area contributed by atoms with Crippen LogP contribution < -0.4 is 4.74 Å². The summed E-state index contributed by atoms with van der Waals surface area (Å²) in [5.41, 5.74) is 0.611. The number of methoxy groups -OCH3 is 1. The van der Waals surface area contributed by atoms with Gasteiger partial charge < -0.3 is 14.4 Å². The predicted molar refractivity (Wildman–Crippen MR) is 73.3 cm³/mol. The van der Waals surface area contributed by atoms with Crippen LogP contribution in [-0.2, 0) is 4.74 Å². The summed E-state index contributed by atoms with van der Waals surface area (Å²) >= 11 is 0. The van der Waals surface area contributed by atoms with Crippen molar-refractivity contribution in [2.24, 2.45) is 0 Å². The Morgan fingerprint density at radius 1 is 1.37 bits per heavy atom. The summed E-state index contributed by atoms with van der Waals surface area (Å²) in [6, 6.07) is 7.39. The van der Waals surface area contributed by atoms with Crippen molar-refractivity contribution in [2.45, 2.75) is 39.0 Å². The minimum Gasteiger partial charge on any atom is -0.490 e. The van der Waals surface area contributed by atoms with Crippen molar-refractivity contribution in [1.29, 1.82) is 0 Å². The fourth-order valence-electron chi connectivity index (χ4n) is 2.37. The summed E-state index contributed by atoms with van der Waals surface area (Å²) in [4.78, 5) is 14.4. The largest absolute Gasteiger partial charge is 0.490 e. The Kier molecular flexibility index (Phi) is 4.43. The molecule has 0 N–H and O–H groups in total. The van der Waals surface area contributed by atoms with Crippen LogP contribution in [0.4, 0.5) is 0 Å². The second-order valence-corrected chi connectivity index (χ2v) is 4.99. The normalized spacial score (nSPS) is 18.9. The van der Waals surface area contributed by atoms with E-state index in [2.05, 4.69) is 0 Å². The van der Waals surface area contributed by atoms with Crippen molar-refractivity contribution >= 4 is 5.91 Å². The van der Waals surface area contributed by atoms with Crippen molar-refractivity contribution < 1.29 is 14.3 Å². The summed E-state index contributed by atoms with van der Waals surface area (Å²) in [6.45, 7) is 4.65. The fourth-order valence-corrected chi connectivity index (χ4v) is 2.37. The third-order valence-corrected chi connectivity index (χ3v) is 3.21. The molecule has 2 rings (SSSR count). The molecule has 1 heterocycles. The lowest BCUT2D eigenvalue weighted by molar-refractivity contribution is 0.00143. The lowest BCUT2D eigenvalue weighted by Gasteiger charge is -2.24. The highest BCUT2D eigenvalue weighted by Gasteiger charge is 2.30. The average molecular weight is 263 g/mol. The lowest BCUT2D eigenvalue weighted by atomic mass is 10.1. The van der Waals surface area contributed by atoms with Crippen LogP contribution in [0, 0.1) is 0 Å². The number of carbonyl (C=O) groups is 1. The minimum atomic E-state index is -0.111. The molecule has 1 fully saturated rings. The van der Waals surface area contributed by atoms with Crippen LogP contribution in [0.5, 0.6) is 5.75 Å².